The topological polar surface area (TPSA) is 75.2 Å². The maximum atomic E-state index is 5.93. The normalized spacial score (nSPS) is 16.6. The fraction of sp³-hybridized carbons (Fsp3) is 0.538. The Labute approximate surface area is 111 Å². The highest BCUT2D eigenvalue weighted by Gasteiger charge is 2.45. The summed E-state index contributed by atoms with van der Waals surface area (Å²) in [5, 5.41) is 0.953. The number of nitrogens with two attached hydrogens (primary N) is 1. The number of aromatic nitrogens is 3. The van der Waals surface area contributed by atoms with E-state index in [-0.39, 0.29) is 5.41 Å². The van der Waals surface area contributed by atoms with E-state index in [0.717, 1.165) is 23.9 Å². The molecule has 3 rings (SSSR count). The lowest BCUT2D eigenvalue weighted by molar-refractivity contribution is 0.356. The van der Waals surface area contributed by atoms with Crippen molar-refractivity contribution < 1.29 is 9.47 Å². The summed E-state index contributed by atoms with van der Waals surface area (Å²) < 4.78 is 12.5. The van der Waals surface area contributed by atoms with Crippen LogP contribution in [-0.2, 0) is 12.5 Å². The summed E-state index contributed by atoms with van der Waals surface area (Å²) in [6.07, 6.45) is 4.30. The van der Waals surface area contributed by atoms with E-state index >= 15 is 0 Å². The summed E-state index contributed by atoms with van der Waals surface area (Å²) >= 11 is 0. The van der Waals surface area contributed by atoms with Gasteiger partial charge in [0.2, 0.25) is 5.88 Å². The zero-order chi connectivity index (χ0) is 13.6. The summed E-state index contributed by atoms with van der Waals surface area (Å²) in [6, 6.07) is 0.315. The quantitative estimate of drug-likeness (QED) is 0.888. The molecule has 2 heterocycles. The monoisotopic (exact) mass is 262 g/mol. The SMILES string of the molecule is COc1nc(OC)c2c(C3(CN)CC3)cn(C)c2n1. The minimum Gasteiger partial charge on any atom is -0.480 e. The van der Waals surface area contributed by atoms with Crippen molar-refractivity contribution in [3.05, 3.63) is 11.8 Å². The molecular weight excluding hydrogens is 244 g/mol. The fourth-order valence-electron chi connectivity index (χ4n) is 2.60. The fourth-order valence-corrected chi connectivity index (χ4v) is 2.60. The molecular formula is C13H18N4O2. The number of hydrogen-bond donors (Lipinski definition) is 1. The lowest BCUT2D eigenvalue weighted by Crippen LogP contribution is -2.19. The van der Waals surface area contributed by atoms with Crippen molar-refractivity contribution in [1.82, 2.24) is 14.5 Å². The lowest BCUT2D eigenvalue weighted by Gasteiger charge is -2.12. The molecule has 102 valence electrons. The Morgan fingerprint density at radius 3 is 2.58 bits per heavy atom. The maximum Gasteiger partial charge on any atom is 0.321 e. The van der Waals surface area contributed by atoms with Crippen LogP contribution in [0.5, 0.6) is 11.9 Å². The van der Waals surface area contributed by atoms with Crippen molar-refractivity contribution in [3.8, 4) is 11.9 Å². The molecule has 1 fully saturated rings. The molecule has 0 bridgehead atoms. The van der Waals surface area contributed by atoms with Crippen LogP contribution in [0, 0.1) is 0 Å². The second-order valence-corrected chi connectivity index (χ2v) is 5.06. The van der Waals surface area contributed by atoms with Gasteiger partial charge in [-0.1, -0.05) is 0 Å². The van der Waals surface area contributed by atoms with Crippen LogP contribution in [0.2, 0.25) is 0 Å². The zero-order valence-electron chi connectivity index (χ0n) is 11.4. The first kappa shape index (κ1) is 12.2. The summed E-state index contributed by atoms with van der Waals surface area (Å²) in [7, 11) is 5.12. The Morgan fingerprint density at radius 1 is 1.32 bits per heavy atom. The molecule has 0 amide bonds. The molecule has 0 saturated heterocycles. The molecule has 0 aromatic carbocycles. The number of rotatable bonds is 4. The van der Waals surface area contributed by atoms with Gasteiger partial charge in [0.25, 0.3) is 0 Å². The van der Waals surface area contributed by atoms with Gasteiger partial charge in [-0.3, -0.25) is 0 Å². The Kier molecular flexibility index (Phi) is 2.63. The van der Waals surface area contributed by atoms with Crippen LogP contribution in [0.25, 0.3) is 11.0 Å². The van der Waals surface area contributed by atoms with Gasteiger partial charge >= 0.3 is 6.01 Å². The van der Waals surface area contributed by atoms with Crippen molar-refractivity contribution in [2.75, 3.05) is 20.8 Å². The number of methoxy groups -OCH3 is 2. The molecule has 1 aliphatic rings. The van der Waals surface area contributed by atoms with Crippen molar-refractivity contribution in [1.29, 1.82) is 0 Å². The Balaban J connectivity index is 2.30. The molecule has 1 saturated carbocycles. The van der Waals surface area contributed by atoms with E-state index in [1.807, 2.05) is 11.6 Å². The largest absolute Gasteiger partial charge is 0.480 e. The average molecular weight is 262 g/mol. The molecule has 6 nitrogen and oxygen atoms in total. The number of nitrogens with zero attached hydrogens (tertiary/aromatic N) is 3. The van der Waals surface area contributed by atoms with Crippen LogP contribution in [-0.4, -0.2) is 35.3 Å². The molecule has 6 heteroatoms. The van der Waals surface area contributed by atoms with Crippen LogP contribution >= 0.6 is 0 Å². The summed E-state index contributed by atoms with van der Waals surface area (Å²) in [4.78, 5) is 8.68. The molecule has 2 aromatic rings. The number of fused-ring (bicyclic) bond motifs is 1. The standard InChI is InChI=1S/C13H18N4O2/c1-17-6-8(13(7-14)4-5-13)9-10(17)15-12(19-3)16-11(9)18-2/h6H,4-5,7,14H2,1-3H3. The molecule has 0 atom stereocenters. The highest BCUT2D eigenvalue weighted by Crippen LogP contribution is 2.51. The van der Waals surface area contributed by atoms with Gasteiger partial charge in [-0.2, -0.15) is 9.97 Å². The smallest absolute Gasteiger partial charge is 0.321 e. The Bertz CT molecular complexity index is 631. The van der Waals surface area contributed by atoms with Crippen molar-refractivity contribution in [2.45, 2.75) is 18.3 Å². The molecule has 0 aliphatic heterocycles. The average Bonchev–Trinajstić information content (AvgIpc) is 3.17. The maximum absolute atomic E-state index is 5.93. The van der Waals surface area contributed by atoms with E-state index in [1.165, 1.54) is 5.56 Å². The van der Waals surface area contributed by atoms with Crippen LogP contribution in [0.15, 0.2) is 6.20 Å². The molecule has 0 spiro atoms. The Hall–Kier alpha value is -1.82. The zero-order valence-corrected chi connectivity index (χ0v) is 11.4. The van der Waals surface area contributed by atoms with Gasteiger partial charge in [-0.05, 0) is 18.4 Å². The van der Waals surface area contributed by atoms with Crippen molar-refractivity contribution >= 4 is 11.0 Å². The summed E-state index contributed by atoms with van der Waals surface area (Å²) in [5.74, 6) is 0.553. The second kappa shape index (κ2) is 4.09. The number of ether oxygens (including phenoxy) is 2. The predicted molar refractivity (Wildman–Crippen MR) is 71.6 cm³/mol. The first-order valence-corrected chi connectivity index (χ1v) is 6.31. The molecule has 2 N–H and O–H groups in total. The predicted octanol–water partition coefficient (Wildman–Crippen LogP) is 0.976. The van der Waals surface area contributed by atoms with E-state index in [2.05, 4.69) is 16.2 Å². The van der Waals surface area contributed by atoms with Crippen molar-refractivity contribution in [2.24, 2.45) is 12.8 Å². The molecule has 0 radical (unpaired) electrons. The highest BCUT2D eigenvalue weighted by molar-refractivity contribution is 5.87. The van der Waals surface area contributed by atoms with Gasteiger partial charge in [0.15, 0.2) is 5.65 Å². The Morgan fingerprint density at radius 2 is 2.05 bits per heavy atom. The van der Waals surface area contributed by atoms with E-state index < -0.39 is 0 Å². The second-order valence-electron chi connectivity index (χ2n) is 5.06. The molecule has 1 aliphatic carbocycles. The van der Waals surface area contributed by atoms with Crippen LogP contribution in [0.4, 0.5) is 0 Å². The van der Waals surface area contributed by atoms with Gasteiger partial charge in [0.05, 0.1) is 19.6 Å². The van der Waals surface area contributed by atoms with E-state index in [9.17, 15) is 0 Å². The van der Waals surface area contributed by atoms with Gasteiger partial charge in [0.1, 0.15) is 0 Å². The van der Waals surface area contributed by atoms with Crippen LogP contribution in [0.3, 0.4) is 0 Å². The van der Waals surface area contributed by atoms with E-state index in [4.69, 9.17) is 15.2 Å². The molecule has 2 aromatic heterocycles. The summed E-state index contributed by atoms with van der Waals surface area (Å²) in [5.41, 5.74) is 8.01. The van der Waals surface area contributed by atoms with Gasteiger partial charge in [-0.15, -0.1) is 0 Å². The first-order valence-electron chi connectivity index (χ1n) is 6.31. The van der Waals surface area contributed by atoms with Crippen LogP contribution in [0.1, 0.15) is 18.4 Å². The lowest BCUT2D eigenvalue weighted by atomic mass is 9.97. The minimum atomic E-state index is 0.0741. The van der Waals surface area contributed by atoms with Gasteiger partial charge in [-0.25, -0.2) is 0 Å². The van der Waals surface area contributed by atoms with Crippen molar-refractivity contribution in [3.63, 3.8) is 0 Å². The summed E-state index contributed by atoms with van der Waals surface area (Å²) in [6.45, 7) is 0.640. The van der Waals surface area contributed by atoms with Crippen LogP contribution < -0.4 is 15.2 Å². The van der Waals surface area contributed by atoms with E-state index in [0.29, 0.717) is 18.4 Å². The number of aryl methyl sites for hydroxylation is 1. The third-order valence-corrected chi connectivity index (χ3v) is 3.95. The van der Waals surface area contributed by atoms with Gasteiger partial charge in [0, 0.05) is 25.2 Å². The number of hydrogen-bond acceptors (Lipinski definition) is 5. The molecule has 0 unspecified atom stereocenters. The van der Waals surface area contributed by atoms with E-state index in [1.54, 1.807) is 14.2 Å². The molecule has 19 heavy (non-hydrogen) atoms. The third kappa shape index (κ3) is 1.67. The van der Waals surface area contributed by atoms with Gasteiger partial charge < -0.3 is 19.8 Å². The third-order valence-electron chi connectivity index (χ3n) is 3.95. The highest BCUT2D eigenvalue weighted by atomic mass is 16.5. The first-order chi connectivity index (χ1) is 9.15. The minimum absolute atomic E-state index is 0.0741.